The Morgan fingerprint density at radius 3 is 2.44 bits per heavy atom. The van der Waals surface area contributed by atoms with Crippen molar-refractivity contribution in [1.29, 1.82) is 0 Å². The molecular formula is C18H18F3NO3. The van der Waals surface area contributed by atoms with Gasteiger partial charge in [0.25, 0.3) is 0 Å². The van der Waals surface area contributed by atoms with Crippen LogP contribution in [0.5, 0.6) is 5.75 Å². The molecule has 7 heteroatoms. The molecule has 0 radical (unpaired) electrons. The Balaban J connectivity index is 2.23. The van der Waals surface area contributed by atoms with E-state index in [0.717, 1.165) is 5.56 Å². The van der Waals surface area contributed by atoms with Gasteiger partial charge in [-0.25, -0.2) is 0 Å². The van der Waals surface area contributed by atoms with Gasteiger partial charge in [0.05, 0.1) is 6.10 Å². The molecule has 0 spiro atoms. The van der Waals surface area contributed by atoms with Crippen LogP contribution < -0.4 is 10.1 Å². The lowest BCUT2D eigenvalue weighted by Crippen LogP contribution is -2.29. The van der Waals surface area contributed by atoms with Crippen molar-refractivity contribution in [2.45, 2.75) is 25.8 Å². The number of halogens is 3. The maximum Gasteiger partial charge on any atom is 0.471 e. The summed E-state index contributed by atoms with van der Waals surface area (Å²) in [6.45, 7) is 2.03. The molecule has 0 saturated carbocycles. The number of hydrogen-bond acceptors (Lipinski definition) is 3. The van der Waals surface area contributed by atoms with Crippen molar-refractivity contribution in [1.82, 2.24) is 0 Å². The van der Waals surface area contributed by atoms with Crippen molar-refractivity contribution in [3.8, 4) is 5.75 Å². The molecule has 0 fully saturated rings. The van der Waals surface area contributed by atoms with Gasteiger partial charge in [0.15, 0.2) is 0 Å². The van der Waals surface area contributed by atoms with E-state index in [9.17, 15) is 18.0 Å². The number of nitrogens with one attached hydrogen (secondary N) is 1. The number of methoxy groups -OCH3 is 1. The Bertz CT molecular complexity index is 717. The van der Waals surface area contributed by atoms with Gasteiger partial charge in [0.2, 0.25) is 0 Å². The molecule has 0 aliphatic heterocycles. The van der Waals surface area contributed by atoms with E-state index in [0.29, 0.717) is 11.3 Å². The summed E-state index contributed by atoms with van der Waals surface area (Å²) in [5.74, 6) is -1.69. The third-order valence-corrected chi connectivity index (χ3v) is 3.56. The number of rotatable bonds is 6. The molecule has 4 nitrogen and oxygen atoms in total. The zero-order chi connectivity index (χ0) is 18.4. The van der Waals surface area contributed by atoms with Gasteiger partial charge in [-0.15, -0.1) is 0 Å². The highest BCUT2D eigenvalue weighted by Gasteiger charge is 2.38. The van der Waals surface area contributed by atoms with Crippen molar-refractivity contribution in [2.24, 2.45) is 0 Å². The van der Waals surface area contributed by atoms with Gasteiger partial charge in [-0.2, -0.15) is 13.2 Å². The molecule has 0 aliphatic rings. The number of alkyl halides is 3. The van der Waals surface area contributed by atoms with E-state index in [-0.39, 0.29) is 18.4 Å². The summed E-state index contributed by atoms with van der Waals surface area (Å²) in [6, 6.07) is 13.6. The molecule has 1 unspecified atom stereocenters. The number of carbonyl (C=O) groups excluding carboxylic acids is 1. The van der Waals surface area contributed by atoms with Crippen LogP contribution in [0.3, 0.4) is 0 Å². The van der Waals surface area contributed by atoms with Crippen LogP contribution in [0.4, 0.5) is 18.9 Å². The number of ether oxygens (including phenoxy) is 2. The molecule has 1 atom stereocenters. The van der Waals surface area contributed by atoms with Crippen molar-refractivity contribution in [2.75, 3.05) is 12.4 Å². The van der Waals surface area contributed by atoms with Gasteiger partial charge in [-0.1, -0.05) is 36.4 Å². The first kappa shape index (κ1) is 18.8. The van der Waals surface area contributed by atoms with E-state index < -0.39 is 12.1 Å². The summed E-state index contributed by atoms with van der Waals surface area (Å²) < 4.78 is 48.2. The molecule has 0 saturated heterocycles. The standard InChI is InChI=1S/C18H18F3NO3/c1-12(24-2)15-9-8-14(22-17(23)18(19,20)21)10-16(15)25-11-13-6-4-3-5-7-13/h3-10,12H,11H2,1-2H3,(H,22,23). The third-order valence-electron chi connectivity index (χ3n) is 3.56. The lowest BCUT2D eigenvalue weighted by atomic mass is 10.1. The monoisotopic (exact) mass is 353 g/mol. The van der Waals surface area contributed by atoms with Crippen LogP contribution in [-0.2, 0) is 16.1 Å². The quantitative estimate of drug-likeness (QED) is 0.833. The second kappa shape index (κ2) is 8.02. The lowest BCUT2D eigenvalue weighted by Gasteiger charge is -2.18. The predicted octanol–water partition coefficient (Wildman–Crippen LogP) is 4.47. The molecule has 1 N–H and O–H groups in total. The third kappa shape index (κ3) is 5.22. The van der Waals surface area contributed by atoms with E-state index in [4.69, 9.17) is 9.47 Å². The first-order valence-electron chi connectivity index (χ1n) is 7.53. The van der Waals surface area contributed by atoms with Gasteiger partial charge in [-0.05, 0) is 18.6 Å². The number of carbonyl (C=O) groups is 1. The topological polar surface area (TPSA) is 47.6 Å². The number of anilines is 1. The van der Waals surface area contributed by atoms with Crippen LogP contribution in [0.15, 0.2) is 48.5 Å². The van der Waals surface area contributed by atoms with Gasteiger partial charge in [0, 0.05) is 24.4 Å². The molecule has 0 bridgehead atoms. The van der Waals surface area contributed by atoms with Crippen molar-refractivity contribution >= 4 is 11.6 Å². The molecule has 0 aliphatic carbocycles. The highest BCUT2D eigenvalue weighted by Crippen LogP contribution is 2.31. The Hall–Kier alpha value is -2.54. The largest absolute Gasteiger partial charge is 0.488 e. The van der Waals surface area contributed by atoms with Crippen molar-refractivity contribution in [3.63, 3.8) is 0 Å². The number of hydrogen-bond donors (Lipinski definition) is 1. The summed E-state index contributed by atoms with van der Waals surface area (Å²) in [5.41, 5.74) is 1.57. The fourth-order valence-electron chi connectivity index (χ4n) is 2.14. The minimum Gasteiger partial charge on any atom is -0.488 e. The van der Waals surface area contributed by atoms with E-state index in [1.165, 1.54) is 19.2 Å². The molecule has 2 aromatic rings. The molecule has 0 heterocycles. The average Bonchev–Trinajstić information content (AvgIpc) is 2.59. The van der Waals surface area contributed by atoms with Crippen LogP contribution >= 0.6 is 0 Å². The Morgan fingerprint density at radius 2 is 1.84 bits per heavy atom. The fourth-order valence-corrected chi connectivity index (χ4v) is 2.14. The normalized spacial score (nSPS) is 12.5. The first-order chi connectivity index (χ1) is 11.8. The van der Waals surface area contributed by atoms with Gasteiger partial charge < -0.3 is 14.8 Å². The zero-order valence-corrected chi connectivity index (χ0v) is 13.8. The molecule has 25 heavy (non-hydrogen) atoms. The number of benzene rings is 2. The van der Waals surface area contributed by atoms with E-state index in [1.807, 2.05) is 35.6 Å². The molecule has 2 rings (SSSR count). The summed E-state index contributed by atoms with van der Waals surface area (Å²) in [4.78, 5) is 11.1. The van der Waals surface area contributed by atoms with Crippen LogP contribution in [0, 0.1) is 0 Å². The highest BCUT2D eigenvalue weighted by atomic mass is 19.4. The summed E-state index contributed by atoms with van der Waals surface area (Å²) in [5, 5.41) is 1.82. The first-order valence-corrected chi connectivity index (χ1v) is 7.53. The number of amides is 1. The van der Waals surface area contributed by atoms with Gasteiger partial charge in [0.1, 0.15) is 12.4 Å². The van der Waals surface area contributed by atoms with Crippen molar-refractivity contribution < 1.29 is 27.4 Å². The Kier molecular flexibility index (Phi) is 6.03. The Labute approximate surface area is 143 Å². The highest BCUT2D eigenvalue weighted by molar-refractivity contribution is 5.95. The van der Waals surface area contributed by atoms with Crippen molar-refractivity contribution in [3.05, 3.63) is 59.7 Å². The second-order valence-corrected chi connectivity index (χ2v) is 5.36. The van der Waals surface area contributed by atoms with Crippen LogP contribution in [0.2, 0.25) is 0 Å². The second-order valence-electron chi connectivity index (χ2n) is 5.36. The molecular weight excluding hydrogens is 335 g/mol. The lowest BCUT2D eigenvalue weighted by molar-refractivity contribution is -0.167. The minimum atomic E-state index is -4.95. The smallest absolute Gasteiger partial charge is 0.471 e. The van der Waals surface area contributed by atoms with E-state index >= 15 is 0 Å². The molecule has 1 amide bonds. The average molecular weight is 353 g/mol. The van der Waals surface area contributed by atoms with E-state index in [1.54, 1.807) is 13.0 Å². The van der Waals surface area contributed by atoms with Gasteiger partial charge >= 0.3 is 12.1 Å². The minimum absolute atomic E-state index is 0.00237. The maximum atomic E-state index is 12.4. The van der Waals surface area contributed by atoms with Crippen LogP contribution in [0.25, 0.3) is 0 Å². The molecule has 2 aromatic carbocycles. The fraction of sp³-hybridized carbons (Fsp3) is 0.278. The predicted molar refractivity (Wildman–Crippen MR) is 87.3 cm³/mol. The summed E-state index contributed by atoms with van der Waals surface area (Å²) >= 11 is 0. The maximum absolute atomic E-state index is 12.4. The Morgan fingerprint density at radius 1 is 1.16 bits per heavy atom. The molecule has 134 valence electrons. The van der Waals surface area contributed by atoms with Gasteiger partial charge in [-0.3, -0.25) is 4.79 Å². The van der Waals surface area contributed by atoms with Crippen LogP contribution in [0.1, 0.15) is 24.2 Å². The van der Waals surface area contributed by atoms with E-state index in [2.05, 4.69) is 0 Å². The molecule has 0 aromatic heterocycles. The SMILES string of the molecule is COC(C)c1ccc(NC(=O)C(F)(F)F)cc1OCc1ccccc1. The zero-order valence-electron chi connectivity index (χ0n) is 13.8. The summed E-state index contributed by atoms with van der Waals surface area (Å²) in [7, 11) is 1.52. The summed E-state index contributed by atoms with van der Waals surface area (Å²) in [6.07, 6.45) is -5.28. The van der Waals surface area contributed by atoms with Crippen LogP contribution in [-0.4, -0.2) is 19.2 Å².